The maximum atomic E-state index is 12.2. The lowest BCUT2D eigenvalue weighted by molar-refractivity contribution is -0.0964. The number of benzene rings is 1. The van der Waals surface area contributed by atoms with Crippen LogP contribution in [0.25, 0.3) is 6.08 Å². The second-order valence-electron chi connectivity index (χ2n) is 2.88. The topological polar surface area (TPSA) is 40.5 Å². The standard InChI is InChI=1S/C10H9F3O2/c11-10(12,13)8(6-14)5-7-3-1-2-4-9(7)15/h1-5,14-15H,6H2/b8-5+. The lowest BCUT2D eigenvalue weighted by Gasteiger charge is -2.09. The summed E-state index contributed by atoms with van der Waals surface area (Å²) in [5.74, 6) is -0.257. The fourth-order valence-electron chi connectivity index (χ4n) is 1.01. The molecule has 2 N–H and O–H groups in total. The van der Waals surface area contributed by atoms with Crippen LogP contribution in [-0.4, -0.2) is 23.0 Å². The molecule has 0 aliphatic rings. The van der Waals surface area contributed by atoms with Crippen molar-refractivity contribution in [2.24, 2.45) is 0 Å². The zero-order valence-electron chi connectivity index (χ0n) is 7.62. The molecular weight excluding hydrogens is 209 g/mol. The molecule has 0 amide bonds. The molecule has 82 valence electrons. The van der Waals surface area contributed by atoms with Crippen molar-refractivity contribution in [1.82, 2.24) is 0 Å². The van der Waals surface area contributed by atoms with E-state index in [1.807, 2.05) is 0 Å². The minimum atomic E-state index is -4.59. The number of hydrogen-bond acceptors (Lipinski definition) is 2. The summed E-state index contributed by atoms with van der Waals surface area (Å²) < 4.78 is 36.7. The van der Waals surface area contributed by atoms with Crippen molar-refractivity contribution in [3.63, 3.8) is 0 Å². The van der Waals surface area contributed by atoms with Gasteiger partial charge < -0.3 is 10.2 Å². The number of hydrogen-bond donors (Lipinski definition) is 2. The summed E-state index contributed by atoms with van der Waals surface area (Å²) in [4.78, 5) is 0. The van der Waals surface area contributed by atoms with Crippen LogP contribution in [0.1, 0.15) is 5.56 Å². The zero-order chi connectivity index (χ0) is 11.5. The molecular formula is C10H9F3O2. The molecule has 0 unspecified atom stereocenters. The van der Waals surface area contributed by atoms with Gasteiger partial charge in [0.2, 0.25) is 0 Å². The van der Waals surface area contributed by atoms with E-state index in [-0.39, 0.29) is 11.3 Å². The minimum absolute atomic E-state index is 0.0267. The van der Waals surface area contributed by atoms with Crippen molar-refractivity contribution in [1.29, 1.82) is 0 Å². The summed E-state index contributed by atoms with van der Waals surface area (Å²) in [5.41, 5.74) is -1.07. The molecule has 0 aromatic heterocycles. The summed E-state index contributed by atoms with van der Waals surface area (Å²) >= 11 is 0. The predicted octanol–water partition coefficient (Wildman–Crippen LogP) is 2.33. The molecule has 0 spiro atoms. The summed E-state index contributed by atoms with van der Waals surface area (Å²) in [6, 6.07) is 5.60. The molecule has 0 saturated carbocycles. The highest BCUT2D eigenvalue weighted by atomic mass is 19.4. The number of alkyl halides is 3. The molecule has 15 heavy (non-hydrogen) atoms. The zero-order valence-corrected chi connectivity index (χ0v) is 7.62. The molecule has 2 nitrogen and oxygen atoms in total. The third-order valence-corrected chi connectivity index (χ3v) is 1.80. The van der Waals surface area contributed by atoms with Crippen LogP contribution in [0.4, 0.5) is 13.2 Å². The summed E-state index contributed by atoms with van der Waals surface area (Å²) in [7, 11) is 0. The first-order valence-corrected chi connectivity index (χ1v) is 4.12. The average molecular weight is 218 g/mol. The maximum absolute atomic E-state index is 12.2. The van der Waals surface area contributed by atoms with Gasteiger partial charge in [-0.1, -0.05) is 18.2 Å². The molecule has 0 aliphatic heterocycles. The molecule has 0 aliphatic carbocycles. The number of halogens is 3. The monoisotopic (exact) mass is 218 g/mol. The highest BCUT2D eigenvalue weighted by Crippen LogP contribution is 2.29. The van der Waals surface area contributed by atoms with Crippen molar-refractivity contribution in [3.05, 3.63) is 35.4 Å². The van der Waals surface area contributed by atoms with Gasteiger partial charge in [-0.05, 0) is 12.1 Å². The lowest BCUT2D eigenvalue weighted by atomic mass is 10.1. The quantitative estimate of drug-likeness (QED) is 0.799. The number of para-hydroxylation sites is 1. The Morgan fingerprint density at radius 1 is 1.27 bits per heavy atom. The summed E-state index contributed by atoms with van der Waals surface area (Å²) in [5, 5.41) is 17.8. The summed E-state index contributed by atoms with van der Waals surface area (Å²) in [6.07, 6.45) is -3.87. The van der Waals surface area contributed by atoms with Crippen LogP contribution in [0.5, 0.6) is 5.75 Å². The second-order valence-corrected chi connectivity index (χ2v) is 2.88. The van der Waals surface area contributed by atoms with Crippen molar-refractivity contribution < 1.29 is 23.4 Å². The first-order valence-electron chi connectivity index (χ1n) is 4.12. The van der Waals surface area contributed by atoms with E-state index in [1.165, 1.54) is 24.3 Å². The molecule has 0 saturated heterocycles. The fourth-order valence-corrected chi connectivity index (χ4v) is 1.01. The van der Waals surface area contributed by atoms with Crippen molar-refractivity contribution in [2.75, 3.05) is 6.61 Å². The van der Waals surface area contributed by atoms with E-state index < -0.39 is 18.4 Å². The highest BCUT2D eigenvalue weighted by Gasteiger charge is 2.32. The predicted molar refractivity (Wildman–Crippen MR) is 49.2 cm³/mol. The molecule has 1 rings (SSSR count). The van der Waals surface area contributed by atoms with Gasteiger partial charge in [0.15, 0.2) is 0 Å². The molecule has 0 atom stereocenters. The molecule has 0 radical (unpaired) electrons. The van der Waals surface area contributed by atoms with Gasteiger partial charge in [-0.15, -0.1) is 0 Å². The van der Waals surface area contributed by atoms with E-state index in [4.69, 9.17) is 5.11 Å². The van der Waals surface area contributed by atoms with Crippen LogP contribution in [-0.2, 0) is 0 Å². The Bertz CT molecular complexity index is 369. The molecule has 0 fully saturated rings. The van der Waals surface area contributed by atoms with Crippen LogP contribution in [0, 0.1) is 0 Å². The number of aliphatic hydroxyl groups excluding tert-OH is 1. The SMILES string of the molecule is OC/C(=C\c1ccccc1O)C(F)(F)F. The van der Waals surface area contributed by atoms with Gasteiger partial charge in [-0.3, -0.25) is 0 Å². The van der Waals surface area contributed by atoms with Gasteiger partial charge in [-0.2, -0.15) is 13.2 Å². The molecule has 1 aromatic carbocycles. The van der Waals surface area contributed by atoms with Gasteiger partial charge in [0.25, 0.3) is 0 Å². The van der Waals surface area contributed by atoms with E-state index in [0.717, 1.165) is 6.08 Å². The molecule has 1 aromatic rings. The van der Waals surface area contributed by atoms with Crippen LogP contribution < -0.4 is 0 Å². The van der Waals surface area contributed by atoms with E-state index in [0.29, 0.717) is 0 Å². The van der Waals surface area contributed by atoms with E-state index >= 15 is 0 Å². The van der Waals surface area contributed by atoms with E-state index in [2.05, 4.69) is 0 Å². The number of aliphatic hydroxyl groups is 1. The Hall–Kier alpha value is -1.49. The van der Waals surface area contributed by atoms with Crippen LogP contribution in [0.2, 0.25) is 0 Å². The third kappa shape index (κ3) is 2.99. The Labute approximate surface area is 84.3 Å². The van der Waals surface area contributed by atoms with Crippen LogP contribution in [0.15, 0.2) is 29.8 Å². The Balaban J connectivity index is 3.10. The van der Waals surface area contributed by atoms with Crippen LogP contribution >= 0.6 is 0 Å². The highest BCUT2D eigenvalue weighted by molar-refractivity contribution is 5.60. The molecule has 5 heteroatoms. The first-order chi connectivity index (χ1) is 6.95. The van der Waals surface area contributed by atoms with Gasteiger partial charge in [0.05, 0.1) is 12.2 Å². The Morgan fingerprint density at radius 3 is 2.33 bits per heavy atom. The largest absolute Gasteiger partial charge is 0.507 e. The first kappa shape index (κ1) is 11.6. The van der Waals surface area contributed by atoms with Crippen LogP contribution in [0.3, 0.4) is 0 Å². The fraction of sp³-hybridized carbons (Fsp3) is 0.200. The van der Waals surface area contributed by atoms with Gasteiger partial charge in [0, 0.05) is 5.56 Å². The van der Waals surface area contributed by atoms with Gasteiger partial charge in [-0.25, -0.2) is 0 Å². The Morgan fingerprint density at radius 2 is 1.87 bits per heavy atom. The normalized spacial score (nSPS) is 12.9. The third-order valence-electron chi connectivity index (χ3n) is 1.80. The van der Waals surface area contributed by atoms with Gasteiger partial charge >= 0.3 is 6.18 Å². The second kappa shape index (κ2) is 4.35. The molecule has 0 bridgehead atoms. The van der Waals surface area contributed by atoms with E-state index in [1.54, 1.807) is 0 Å². The van der Waals surface area contributed by atoms with Crippen molar-refractivity contribution in [2.45, 2.75) is 6.18 Å². The van der Waals surface area contributed by atoms with Crippen molar-refractivity contribution >= 4 is 6.08 Å². The minimum Gasteiger partial charge on any atom is -0.507 e. The average Bonchev–Trinajstić information content (AvgIpc) is 2.14. The molecule has 0 heterocycles. The number of phenols is 1. The number of aromatic hydroxyl groups is 1. The lowest BCUT2D eigenvalue weighted by Crippen LogP contribution is -2.14. The number of phenolic OH excluding ortho intramolecular Hbond substituents is 1. The Kier molecular flexibility index (Phi) is 3.36. The van der Waals surface area contributed by atoms with Gasteiger partial charge in [0.1, 0.15) is 5.75 Å². The number of rotatable bonds is 2. The summed E-state index contributed by atoms with van der Waals surface area (Å²) in [6.45, 7) is -1.11. The maximum Gasteiger partial charge on any atom is 0.414 e. The van der Waals surface area contributed by atoms with E-state index in [9.17, 15) is 18.3 Å². The van der Waals surface area contributed by atoms with Crippen molar-refractivity contribution in [3.8, 4) is 5.75 Å². The smallest absolute Gasteiger partial charge is 0.414 e.